The summed E-state index contributed by atoms with van der Waals surface area (Å²) in [6, 6.07) is 23.7. The second kappa shape index (κ2) is 9.58. The fraction of sp³-hybridized carbons (Fsp3) is 0.269. The zero-order valence-electron chi connectivity index (χ0n) is 18.8. The van der Waals surface area contributed by atoms with Crippen molar-refractivity contribution in [1.29, 1.82) is 0 Å². The normalized spacial score (nSPS) is 17.2. The van der Waals surface area contributed by atoms with Crippen LogP contribution in [0.2, 0.25) is 0 Å². The smallest absolute Gasteiger partial charge is 0.251 e. The van der Waals surface area contributed by atoms with Crippen LogP contribution in [-0.2, 0) is 26.0 Å². The fourth-order valence-corrected chi connectivity index (χ4v) is 6.08. The summed E-state index contributed by atoms with van der Waals surface area (Å²) in [6.07, 6.45) is 0.875. The molecule has 3 aromatic carbocycles. The van der Waals surface area contributed by atoms with Crippen LogP contribution in [-0.4, -0.2) is 51.5 Å². The van der Waals surface area contributed by atoms with Crippen molar-refractivity contribution in [1.82, 2.24) is 4.31 Å². The molecule has 0 saturated carbocycles. The van der Waals surface area contributed by atoms with E-state index in [1.165, 1.54) is 15.9 Å². The number of anilines is 2. The van der Waals surface area contributed by atoms with Gasteiger partial charge in [0.25, 0.3) is 5.91 Å². The Morgan fingerprint density at radius 3 is 2.41 bits per heavy atom. The summed E-state index contributed by atoms with van der Waals surface area (Å²) in [6.45, 7) is 2.14. The third kappa shape index (κ3) is 4.44. The molecule has 1 fully saturated rings. The molecule has 1 atom stereocenters. The quantitative estimate of drug-likeness (QED) is 0.588. The molecule has 34 heavy (non-hydrogen) atoms. The molecule has 7 nitrogen and oxygen atoms in total. The van der Waals surface area contributed by atoms with Crippen molar-refractivity contribution >= 4 is 27.3 Å². The Morgan fingerprint density at radius 1 is 0.882 bits per heavy atom. The molecule has 0 unspecified atom stereocenters. The predicted octanol–water partition coefficient (Wildman–Crippen LogP) is 3.45. The van der Waals surface area contributed by atoms with E-state index in [0.29, 0.717) is 32.0 Å². The number of amides is 1. The van der Waals surface area contributed by atoms with Crippen molar-refractivity contribution in [3.8, 4) is 0 Å². The maximum Gasteiger partial charge on any atom is 0.251 e. The summed E-state index contributed by atoms with van der Waals surface area (Å²) in [5.41, 5.74) is 3.60. The van der Waals surface area contributed by atoms with Gasteiger partial charge in [0.2, 0.25) is 10.0 Å². The first kappa shape index (κ1) is 22.6. The summed E-state index contributed by atoms with van der Waals surface area (Å²) in [5.74, 6) is -0.205. The van der Waals surface area contributed by atoms with Crippen LogP contribution in [0.3, 0.4) is 0 Å². The van der Waals surface area contributed by atoms with Gasteiger partial charge in [-0.3, -0.25) is 4.79 Å². The maximum atomic E-state index is 13.6. The third-order valence-corrected chi connectivity index (χ3v) is 8.20. The first-order valence-electron chi connectivity index (χ1n) is 11.4. The van der Waals surface area contributed by atoms with Gasteiger partial charge in [0.15, 0.2) is 0 Å². The topological polar surface area (TPSA) is 79.0 Å². The highest BCUT2D eigenvalue weighted by Crippen LogP contribution is 2.36. The molecular weight excluding hydrogens is 450 g/mol. The fourth-order valence-electron chi connectivity index (χ4n) is 4.62. The van der Waals surface area contributed by atoms with Crippen LogP contribution in [0, 0.1) is 0 Å². The van der Waals surface area contributed by atoms with Gasteiger partial charge in [-0.1, -0.05) is 54.6 Å². The molecular formula is C26H27N3O4S. The summed E-state index contributed by atoms with van der Waals surface area (Å²) in [4.78, 5) is 15.9. The highest BCUT2D eigenvalue weighted by Gasteiger charge is 2.33. The predicted molar refractivity (Wildman–Crippen MR) is 131 cm³/mol. The number of carbonyl (C=O) groups excluding carboxylic acids is 1. The molecule has 176 valence electrons. The number of fused-ring (bicyclic) bond motifs is 1. The molecule has 1 saturated heterocycles. The van der Waals surface area contributed by atoms with Crippen LogP contribution in [0.15, 0.2) is 83.8 Å². The van der Waals surface area contributed by atoms with Gasteiger partial charge in [-0.05, 0) is 41.8 Å². The Labute approximate surface area is 200 Å². The molecule has 0 aliphatic carbocycles. The van der Waals surface area contributed by atoms with Gasteiger partial charge in [-0.25, -0.2) is 8.42 Å². The molecule has 2 heterocycles. The Bertz CT molecular complexity index is 1270. The summed E-state index contributed by atoms with van der Waals surface area (Å²) in [7, 11) is -3.66. The van der Waals surface area contributed by atoms with E-state index < -0.39 is 16.1 Å². The SMILES string of the molecule is O=C(Nc1cccc(S(=O)(=O)N2CCOCC2)c1)[C@@H](c1ccccc1)N1CCc2ccccc21. The summed E-state index contributed by atoms with van der Waals surface area (Å²) in [5, 5.41) is 2.98. The van der Waals surface area contributed by atoms with Crippen LogP contribution in [0.1, 0.15) is 17.2 Å². The van der Waals surface area contributed by atoms with Gasteiger partial charge >= 0.3 is 0 Å². The van der Waals surface area contributed by atoms with Crippen molar-refractivity contribution in [2.75, 3.05) is 43.1 Å². The number of rotatable bonds is 6. The van der Waals surface area contributed by atoms with E-state index in [4.69, 9.17) is 4.74 Å². The lowest BCUT2D eigenvalue weighted by molar-refractivity contribution is -0.117. The molecule has 0 bridgehead atoms. The zero-order valence-corrected chi connectivity index (χ0v) is 19.6. The number of ether oxygens (including phenoxy) is 1. The molecule has 0 spiro atoms. The van der Waals surface area contributed by atoms with Gasteiger partial charge in [-0.15, -0.1) is 0 Å². The van der Waals surface area contributed by atoms with Crippen molar-refractivity contribution in [3.63, 3.8) is 0 Å². The van der Waals surface area contributed by atoms with Crippen LogP contribution >= 0.6 is 0 Å². The minimum Gasteiger partial charge on any atom is -0.379 e. The zero-order chi connectivity index (χ0) is 23.5. The number of benzene rings is 3. The van der Waals surface area contributed by atoms with Crippen molar-refractivity contribution < 1.29 is 17.9 Å². The monoisotopic (exact) mass is 477 g/mol. The number of hydrogen-bond donors (Lipinski definition) is 1. The number of nitrogens with one attached hydrogen (secondary N) is 1. The largest absolute Gasteiger partial charge is 0.379 e. The van der Waals surface area contributed by atoms with Crippen molar-refractivity contribution in [2.45, 2.75) is 17.4 Å². The van der Waals surface area contributed by atoms with Crippen LogP contribution in [0.25, 0.3) is 0 Å². The lowest BCUT2D eigenvalue weighted by atomic mass is 10.0. The number of sulfonamides is 1. The van der Waals surface area contributed by atoms with E-state index in [0.717, 1.165) is 24.2 Å². The van der Waals surface area contributed by atoms with Crippen LogP contribution < -0.4 is 10.2 Å². The van der Waals surface area contributed by atoms with Gasteiger partial charge in [-0.2, -0.15) is 4.31 Å². The Balaban J connectivity index is 1.43. The number of morpholine rings is 1. The maximum absolute atomic E-state index is 13.6. The standard InChI is InChI=1S/C26H27N3O4S/c30-26(27-22-10-6-11-23(19-22)34(31,32)28-15-17-33-18-16-28)25(21-8-2-1-3-9-21)29-14-13-20-7-4-5-12-24(20)29/h1-12,19,25H,13-18H2,(H,27,30)/t25-/m1/s1. The highest BCUT2D eigenvalue weighted by molar-refractivity contribution is 7.89. The minimum atomic E-state index is -3.66. The summed E-state index contributed by atoms with van der Waals surface area (Å²) < 4.78 is 32.9. The van der Waals surface area contributed by atoms with E-state index in [2.05, 4.69) is 16.3 Å². The van der Waals surface area contributed by atoms with E-state index in [1.807, 2.05) is 48.5 Å². The summed E-state index contributed by atoms with van der Waals surface area (Å²) >= 11 is 0. The highest BCUT2D eigenvalue weighted by atomic mass is 32.2. The molecule has 2 aliphatic rings. The molecule has 0 radical (unpaired) electrons. The lowest BCUT2D eigenvalue weighted by Gasteiger charge is -2.30. The third-order valence-electron chi connectivity index (χ3n) is 6.31. The molecule has 5 rings (SSSR count). The van der Waals surface area contributed by atoms with Crippen LogP contribution in [0.4, 0.5) is 11.4 Å². The van der Waals surface area contributed by atoms with Crippen molar-refractivity contribution in [3.05, 3.63) is 90.0 Å². The lowest BCUT2D eigenvalue weighted by Crippen LogP contribution is -2.40. The Kier molecular flexibility index (Phi) is 6.36. The van der Waals surface area contributed by atoms with Gasteiger partial charge in [0.1, 0.15) is 6.04 Å². The average molecular weight is 478 g/mol. The molecule has 0 aromatic heterocycles. The van der Waals surface area contributed by atoms with Gasteiger partial charge in [0.05, 0.1) is 18.1 Å². The van der Waals surface area contributed by atoms with E-state index in [-0.39, 0.29) is 10.8 Å². The average Bonchev–Trinajstić information content (AvgIpc) is 3.29. The Hall–Kier alpha value is -3.20. The van der Waals surface area contributed by atoms with Gasteiger partial charge < -0.3 is 15.0 Å². The molecule has 1 N–H and O–H groups in total. The van der Waals surface area contributed by atoms with E-state index in [9.17, 15) is 13.2 Å². The van der Waals surface area contributed by atoms with E-state index >= 15 is 0 Å². The van der Waals surface area contributed by atoms with E-state index in [1.54, 1.807) is 18.2 Å². The van der Waals surface area contributed by atoms with Crippen LogP contribution in [0.5, 0.6) is 0 Å². The Morgan fingerprint density at radius 2 is 1.62 bits per heavy atom. The number of hydrogen-bond acceptors (Lipinski definition) is 5. The number of para-hydroxylation sites is 1. The first-order chi connectivity index (χ1) is 16.5. The molecule has 8 heteroatoms. The molecule has 2 aliphatic heterocycles. The molecule has 1 amide bonds. The first-order valence-corrected chi connectivity index (χ1v) is 12.9. The molecule has 3 aromatic rings. The van der Waals surface area contributed by atoms with Gasteiger partial charge in [0, 0.05) is 31.0 Å². The van der Waals surface area contributed by atoms with Crippen molar-refractivity contribution in [2.24, 2.45) is 0 Å². The second-order valence-electron chi connectivity index (χ2n) is 8.42. The second-order valence-corrected chi connectivity index (χ2v) is 10.4. The number of carbonyl (C=O) groups is 1. The number of nitrogens with zero attached hydrogens (tertiary/aromatic N) is 2. The minimum absolute atomic E-state index is 0.162.